The second-order valence-corrected chi connectivity index (χ2v) is 10.5. The average Bonchev–Trinajstić information content (AvgIpc) is 3.40. The van der Waals surface area contributed by atoms with Crippen LogP contribution in [-0.4, -0.2) is 58.1 Å². The van der Waals surface area contributed by atoms with E-state index in [1.54, 1.807) is 17.1 Å². The van der Waals surface area contributed by atoms with Gasteiger partial charge in [0.05, 0.1) is 24.6 Å². The summed E-state index contributed by atoms with van der Waals surface area (Å²) in [5.74, 6) is -1.51. The maximum atomic E-state index is 13.6. The van der Waals surface area contributed by atoms with Crippen LogP contribution in [0.5, 0.6) is 0 Å². The van der Waals surface area contributed by atoms with Crippen LogP contribution in [0, 0.1) is 5.92 Å². The van der Waals surface area contributed by atoms with Crippen molar-refractivity contribution < 1.29 is 24.2 Å². The first-order valence-electron chi connectivity index (χ1n) is 14.1. The zero-order chi connectivity index (χ0) is 29.2. The van der Waals surface area contributed by atoms with Gasteiger partial charge in [-0.3, -0.25) is 14.4 Å². The van der Waals surface area contributed by atoms with Gasteiger partial charge in [0.25, 0.3) is 0 Å². The van der Waals surface area contributed by atoms with Gasteiger partial charge in [0, 0.05) is 36.5 Å². The highest BCUT2D eigenvalue weighted by Gasteiger charge is 2.32. The number of aromatic nitrogens is 1. The van der Waals surface area contributed by atoms with E-state index < -0.39 is 12.0 Å². The number of H-pyrrole nitrogens is 1. The quantitative estimate of drug-likeness (QED) is 0.203. The van der Waals surface area contributed by atoms with E-state index in [0.717, 1.165) is 27.6 Å². The molecule has 1 aliphatic rings. The summed E-state index contributed by atoms with van der Waals surface area (Å²) in [6.45, 7) is 7.69. The van der Waals surface area contributed by atoms with Crippen molar-refractivity contribution in [3.8, 4) is 0 Å². The first kappa shape index (κ1) is 29.8. The zero-order valence-electron chi connectivity index (χ0n) is 23.4. The molecule has 3 unspecified atom stereocenters. The minimum atomic E-state index is -0.654. The Morgan fingerprint density at radius 3 is 2.61 bits per heavy atom. The van der Waals surface area contributed by atoms with Crippen molar-refractivity contribution in [2.45, 2.75) is 57.2 Å². The number of aromatic amines is 1. The van der Waals surface area contributed by atoms with Gasteiger partial charge in [0.2, 0.25) is 11.8 Å². The van der Waals surface area contributed by atoms with Crippen LogP contribution in [0.4, 0.5) is 0 Å². The largest absolute Gasteiger partial charge is 0.463 e. The second-order valence-electron chi connectivity index (χ2n) is 10.5. The lowest BCUT2D eigenvalue weighted by atomic mass is 9.92. The van der Waals surface area contributed by atoms with E-state index in [1.807, 2.05) is 54.7 Å². The molecule has 2 amide bonds. The lowest BCUT2D eigenvalue weighted by molar-refractivity contribution is -0.145. The molecule has 216 valence electrons. The number of ether oxygens (including phenoxy) is 1. The zero-order valence-corrected chi connectivity index (χ0v) is 23.4. The molecule has 1 aromatic heterocycles. The number of para-hydroxylation sites is 1. The monoisotopic (exact) mass is 557 g/mol. The average molecular weight is 558 g/mol. The summed E-state index contributed by atoms with van der Waals surface area (Å²) < 4.78 is 5.51. The Bertz CT molecular complexity index is 1380. The van der Waals surface area contributed by atoms with Gasteiger partial charge in [0.15, 0.2) is 0 Å². The Kier molecular flexibility index (Phi) is 10.5. The molecule has 0 fully saturated rings. The van der Waals surface area contributed by atoms with E-state index in [0.29, 0.717) is 32.2 Å². The fraction of sp³-hybridized carbons (Fsp3) is 0.364. The maximum Gasteiger partial charge on any atom is 0.306 e. The van der Waals surface area contributed by atoms with Crippen molar-refractivity contribution in [3.63, 3.8) is 0 Å². The Hall–Kier alpha value is -4.17. The number of nitrogens with one attached hydrogen (secondary N) is 2. The van der Waals surface area contributed by atoms with E-state index in [1.165, 1.54) is 0 Å². The Labute approximate surface area is 241 Å². The van der Waals surface area contributed by atoms with E-state index in [2.05, 4.69) is 23.5 Å². The summed E-state index contributed by atoms with van der Waals surface area (Å²) >= 11 is 0. The predicted molar refractivity (Wildman–Crippen MR) is 159 cm³/mol. The summed E-state index contributed by atoms with van der Waals surface area (Å²) in [7, 11) is 0. The number of carbonyl (C=O) groups is 3. The first-order valence-corrected chi connectivity index (χ1v) is 14.1. The van der Waals surface area contributed by atoms with Gasteiger partial charge in [-0.15, -0.1) is 13.2 Å². The van der Waals surface area contributed by atoms with Gasteiger partial charge in [-0.05, 0) is 48.4 Å². The van der Waals surface area contributed by atoms with E-state index in [9.17, 15) is 19.5 Å². The van der Waals surface area contributed by atoms with Crippen molar-refractivity contribution in [3.05, 3.63) is 96.7 Å². The number of aliphatic hydroxyl groups is 1. The molecule has 8 nitrogen and oxygen atoms in total. The molecule has 3 atom stereocenters. The van der Waals surface area contributed by atoms with E-state index >= 15 is 0 Å². The van der Waals surface area contributed by atoms with Crippen LogP contribution >= 0.6 is 0 Å². The normalized spacial score (nSPS) is 15.9. The van der Waals surface area contributed by atoms with Crippen LogP contribution in [0.3, 0.4) is 0 Å². The molecule has 41 heavy (non-hydrogen) atoms. The van der Waals surface area contributed by atoms with Crippen LogP contribution < -0.4 is 5.32 Å². The number of carbonyl (C=O) groups excluding carboxylic acids is 3. The van der Waals surface area contributed by atoms with Crippen LogP contribution in [0.15, 0.2) is 80.0 Å². The molecular weight excluding hydrogens is 518 g/mol. The SMILES string of the molecule is C=CCCC(=O)OCC(Cc1c[nH]c2ccccc12)NC(=O)C(CC=C)CC(=O)N1Cc2ccccc2CC1CO. The number of aliphatic hydroxyl groups excluding tert-OH is 1. The number of hydrogen-bond donors (Lipinski definition) is 3. The van der Waals surface area contributed by atoms with Crippen molar-refractivity contribution in [1.29, 1.82) is 0 Å². The number of hydrogen-bond acceptors (Lipinski definition) is 5. The minimum absolute atomic E-state index is 0.00543. The predicted octanol–water partition coefficient (Wildman–Crippen LogP) is 4.23. The Balaban J connectivity index is 1.47. The molecule has 0 saturated carbocycles. The molecule has 8 heteroatoms. The highest BCUT2D eigenvalue weighted by Crippen LogP contribution is 2.26. The van der Waals surface area contributed by atoms with Crippen molar-refractivity contribution >= 4 is 28.7 Å². The van der Waals surface area contributed by atoms with Crippen LogP contribution in [0.2, 0.25) is 0 Å². The van der Waals surface area contributed by atoms with Crippen LogP contribution in [0.25, 0.3) is 10.9 Å². The molecule has 0 bridgehead atoms. The molecular formula is C33H39N3O5. The van der Waals surface area contributed by atoms with Crippen molar-refractivity contribution in [2.24, 2.45) is 5.92 Å². The highest BCUT2D eigenvalue weighted by molar-refractivity contribution is 5.87. The lowest BCUT2D eigenvalue weighted by Gasteiger charge is -2.36. The molecule has 2 heterocycles. The molecule has 3 aromatic rings. The Morgan fingerprint density at radius 1 is 1.10 bits per heavy atom. The maximum absolute atomic E-state index is 13.6. The van der Waals surface area contributed by atoms with E-state index in [4.69, 9.17) is 4.74 Å². The van der Waals surface area contributed by atoms with Gasteiger partial charge in [-0.1, -0.05) is 54.6 Å². The third kappa shape index (κ3) is 7.73. The van der Waals surface area contributed by atoms with Gasteiger partial charge in [-0.25, -0.2) is 0 Å². The van der Waals surface area contributed by atoms with Crippen LogP contribution in [-0.2, 0) is 38.5 Å². The van der Waals surface area contributed by atoms with Gasteiger partial charge < -0.3 is 25.0 Å². The highest BCUT2D eigenvalue weighted by atomic mass is 16.5. The van der Waals surface area contributed by atoms with Crippen molar-refractivity contribution in [1.82, 2.24) is 15.2 Å². The van der Waals surface area contributed by atoms with Gasteiger partial charge in [-0.2, -0.15) is 0 Å². The molecule has 4 rings (SSSR count). The topological polar surface area (TPSA) is 112 Å². The fourth-order valence-electron chi connectivity index (χ4n) is 5.38. The molecule has 2 aromatic carbocycles. The number of rotatable bonds is 14. The number of amides is 2. The molecule has 0 spiro atoms. The number of benzene rings is 2. The number of nitrogens with zero attached hydrogens (tertiary/aromatic N) is 1. The van der Waals surface area contributed by atoms with Gasteiger partial charge >= 0.3 is 5.97 Å². The van der Waals surface area contributed by atoms with E-state index in [-0.39, 0.29) is 49.9 Å². The standard InChI is InChI=1S/C33H39N3O5/c1-3-5-15-32(39)41-22-27(16-26-19-34-30-14-9-8-13-29(26)30)35-33(40)24(10-4-2)18-31(38)36-20-25-12-7-6-11-23(25)17-28(36)21-37/h3-4,6-9,11-14,19,24,27-28,34,37H,1-2,5,10,15-18,20-22H2,(H,35,40). The summed E-state index contributed by atoms with van der Waals surface area (Å²) in [6, 6.07) is 14.9. The third-order valence-electron chi connectivity index (χ3n) is 7.62. The summed E-state index contributed by atoms with van der Waals surface area (Å²) in [4.78, 5) is 44.2. The first-order chi connectivity index (χ1) is 19.9. The molecule has 1 aliphatic heterocycles. The summed E-state index contributed by atoms with van der Waals surface area (Å²) in [5.41, 5.74) is 4.14. The lowest BCUT2D eigenvalue weighted by Crippen LogP contribution is -2.48. The number of esters is 1. The second kappa shape index (κ2) is 14.5. The molecule has 0 aliphatic carbocycles. The van der Waals surface area contributed by atoms with Crippen LogP contribution in [0.1, 0.15) is 42.4 Å². The minimum Gasteiger partial charge on any atom is -0.463 e. The summed E-state index contributed by atoms with van der Waals surface area (Å²) in [6.07, 6.45) is 7.22. The molecule has 0 saturated heterocycles. The Morgan fingerprint density at radius 2 is 1.85 bits per heavy atom. The third-order valence-corrected chi connectivity index (χ3v) is 7.62. The molecule has 3 N–H and O–H groups in total. The van der Waals surface area contributed by atoms with Crippen molar-refractivity contribution in [2.75, 3.05) is 13.2 Å². The smallest absolute Gasteiger partial charge is 0.306 e. The number of allylic oxidation sites excluding steroid dienone is 2. The molecule has 0 radical (unpaired) electrons. The number of fused-ring (bicyclic) bond motifs is 2. The van der Waals surface area contributed by atoms with Gasteiger partial charge in [0.1, 0.15) is 6.61 Å². The summed E-state index contributed by atoms with van der Waals surface area (Å²) in [5, 5.41) is 14.1. The fourth-order valence-corrected chi connectivity index (χ4v) is 5.38.